The van der Waals surface area contributed by atoms with Crippen molar-refractivity contribution in [3.63, 3.8) is 0 Å². The van der Waals surface area contributed by atoms with Gasteiger partial charge in [0.05, 0.1) is 6.04 Å². The van der Waals surface area contributed by atoms with Crippen LogP contribution in [0.1, 0.15) is 37.4 Å². The maximum atomic E-state index is 12.6. The first kappa shape index (κ1) is 17.8. The van der Waals surface area contributed by atoms with Gasteiger partial charge in [-0.1, -0.05) is 31.5 Å². The number of halogens is 1. The number of aryl methyl sites for hydroxylation is 1. The summed E-state index contributed by atoms with van der Waals surface area (Å²) in [4.78, 5) is 24.3. The normalized spacial score (nSPS) is 17.7. The molecule has 0 unspecified atom stereocenters. The van der Waals surface area contributed by atoms with Gasteiger partial charge in [-0.15, -0.1) is 0 Å². The first-order valence-electron chi connectivity index (χ1n) is 7.79. The summed E-state index contributed by atoms with van der Waals surface area (Å²) in [6.07, 6.45) is 1.74. The summed E-state index contributed by atoms with van der Waals surface area (Å²) in [6.45, 7) is 3.75. The van der Waals surface area contributed by atoms with E-state index in [1.165, 1.54) is 12.7 Å². The summed E-state index contributed by atoms with van der Waals surface area (Å²) in [5.74, 6) is -0.473. The van der Waals surface area contributed by atoms with Gasteiger partial charge in [-0.2, -0.15) is 0 Å². The van der Waals surface area contributed by atoms with Crippen molar-refractivity contribution in [3.8, 4) is 0 Å². The molecule has 1 aliphatic rings. The van der Waals surface area contributed by atoms with Crippen molar-refractivity contribution < 1.29 is 14.3 Å². The zero-order valence-electron chi connectivity index (χ0n) is 13.7. The van der Waals surface area contributed by atoms with Crippen LogP contribution in [0.2, 0.25) is 5.02 Å². The van der Waals surface area contributed by atoms with E-state index in [-0.39, 0.29) is 30.4 Å². The van der Waals surface area contributed by atoms with Gasteiger partial charge in [-0.05, 0) is 42.0 Å². The third-order valence-electron chi connectivity index (χ3n) is 4.04. The summed E-state index contributed by atoms with van der Waals surface area (Å²) in [7, 11) is 1.45. The minimum absolute atomic E-state index is 0.0121. The second-order valence-corrected chi connectivity index (χ2v) is 6.60. The van der Waals surface area contributed by atoms with Crippen LogP contribution < -0.4 is 10.6 Å². The largest absolute Gasteiger partial charge is 0.375 e. The summed E-state index contributed by atoms with van der Waals surface area (Å²) in [5, 5.41) is 6.48. The van der Waals surface area contributed by atoms with Crippen LogP contribution in [0.5, 0.6) is 0 Å². The highest BCUT2D eigenvalue weighted by Gasteiger charge is 2.29. The highest BCUT2D eigenvalue weighted by Crippen LogP contribution is 2.32. The first-order valence-corrected chi connectivity index (χ1v) is 8.17. The molecule has 126 valence electrons. The summed E-state index contributed by atoms with van der Waals surface area (Å²) >= 11 is 6.01. The average Bonchev–Trinajstić information content (AvgIpc) is 2.86. The predicted octanol–water partition coefficient (Wildman–Crippen LogP) is 2.23. The van der Waals surface area contributed by atoms with Gasteiger partial charge in [0.15, 0.2) is 0 Å². The molecule has 6 heteroatoms. The van der Waals surface area contributed by atoms with Crippen LogP contribution in [-0.2, 0) is 20.7 Å². The number of carbonyl (C=O) groups excluding carboxylic acids is 2. The van der Waals surface area contributed by atoms with Crippen molar-refractivity contribution in [2.45, 2.75) is 38.8 Å². The lowest BCUT2D eigenvalue weighted by Gasteiger charge is -2.24. The Morgan fingerprint density at radius 2 is 2.13 bits per heavy atom. The Morgan fingerprint density at radius 3 is 2.78 bits per heavy atom. The van der Waals surface area contributed by atoms with E-state index in [4.69, 9.17) is 16.3 Å². The highest BCUT2D eigenvalue weighted by atomic mass is 35.5. The maximum Gasteiger partial charge on any atom is 0.246 e. The monoisotopic (exact) mass is 338 g/mol. The van der Waals surface area contributed by atoms with Crippen LogP contribution in [-0.4, -0.2) is 31.6 Å². The van der Waals surface area contributed by atoms with E-state index in [0.717, 1.165) is 18.4 Å². The van der Waals surface area contributed by atoms with E-state index in [0.29, 0.717) is 5.02 Å². The second kappa shape index (κ2) is 7.79. The minimum atomic E-state index is -0.575. The molecule has 2 N–H and O–H groups in total. The van der Waals surface area contributed by atoms with Crippen LogP contribution >= 0.6 is 11.6 Å². The number of carbonyl (C=O) groups is 2. The molecule has 0 saturated heterocycles. The molecule has 2 rings (SSSR count). The van der Waals surface area contributed by atoms with Gasteiger partial charge in [0.1, 0.15) is 12.6 Å². The number of hydrogen-bond donors (Lipinski definition) is 2. The first-order chi connectivity index (χ1) is 10.9. The Labute approximate surface area is 141 Å². The van der Waals surface area contributed by atoms with Crippen LogP contribution in [0, 0.1) is 5.92 Å². The molecular formula is C17H23ClN2O3. The SMILES string of the molecule is COCC(=O)N[C@H](C(=O)N[C@H]1CCc2cc(Cl)ccc21)C(C)C. The molecule has 0 saturated carbocycles. The van der Waals surface area contributed by atoms with Crippen molar-refractivity contribution in [2.24, 2.45) is 5.92 Å². The lowest BCUT2D eigenvalue weighted by molar-refractivity contribution is -0.132. The summed E-state index contributed by atoms with van der Waals surface area (Å²) in [6, 6.07) is 5.14. The quantitative estimate of drug-likeness (QED) is 0.835. The van der Waals surface area contributed by atoms with Crippen molar-refractivity contribution >= 4 is 23.4 Å². The molecule has 0 bridgehead atoms. The Kier molecular flexibility index (Phi) is 6.02. The molecule has 5 nitrogen and oxygen atoms in total. The lowest BCUT2D eigenvalue weighted by Crippen LogP contribution is -2.51. The van der Waals surface area contributed by atoms with Crippen LogP contribution in [0.25, 0.3) is 0 Å². The number of hydrogen-bond acceptors (Lipinski definition) is 3. The molecule has 0 fully saturated rings. The molecule has 0 aromatic heterocycles. The third kappa shape index (κ3) is 4.45. The van der Waals surface area contributed by atoms with Gasteiger partial charge in [0, 0.05) is 12.1 Å². The Morgan fingerprint density at radius 1 is 1.39 bits per heavy atom. The van der Waals surface area contributed by atoms with Gasteiger partial charge >= 0.3 is 0 Å². The summed E-state index contributed by atoms with van der Waals surface area (Å²) in [5.41, 5.74) is 2.28. The molecule has 1 aromatic carbocycles. The second-order valence-electron chi connectivity index (χ2n) is 6.17. The van der Waals surface area contributed by atoms with Gasteiger partial charge in [-0.25, -0.2) is 0 Å². The van der Waals surface area contributed by atoms with Gasteiger partial charge < -0.3 is 15.4 Å². The summed E-state index contributed by atoms with van der Waals surface area (Å²) < 4.78 is 4.80. The number of ether oxygens (including phenoxy) is 1. The average molecular weight is 339 g/mol. The van der Waals surface area contributed by atoms with Crippen molar-refractivity contribution in [3.05, 3.63) is 34.3 Å². The fourth-order valence-corrected chi connectivity index (χ4v) is 3.07. The third-order valence-corrected chi connectivity index (χ3v) is 4.28. The smallest absolute Gasteiger partial charge is 0.246 e. The molecule has 0 heterocycles. The molecule has 1 aliphatic carbocycles. The van der Waals surface area contributed by atoms with Gasteiger partial charge in [0.25, 0.3) is 0 Å². The van der Waals surface area contributed by atoms with E-state index >= 15 is 0 Å². The van der Waals surface area contributed by atoms with Crippen molar-refractivity contribution in [1.29, 1.82) is 0 Å². The Balaban J connectivity index is 2.04. The van der Waals surface area contributed by atoms with E-state index in [1.54, 1.807) is 0 Å². The molecule has 23 heavy (non-hydrogen) atoms. The highest BCUT2D eigenvalue weighted by molar-refractivity contribution is 6.30. The van der Waals surface area contributed by atoms with Gasteiger partial charge in [0.2, 0.25) is 11.8 Å². The predicted molar refractivity (Wildman–Crippen MR) is 89.3 cm³/mol. The Bertz CT molecular complexity index is 589. The van der Waals surface area contributed by atoms with Crippen LogP contribution in [0.4, 0.5) is 0 Å². The number of fused-ring (bicyclic) bond motifs is 1. The molecule has 2 amide bonds. The number of rotatable bonds is 6. The van der Waals surface area contributed by atoms with E-state index < -0.39 is 6.04 Å². The fourth-order valence-electron chi connectivity index (χ4n) is 2.88. The standard InChI is InChI=1S/C17H23ClN2O3/c1-10(2)16(20-15(21)9-23-3)17(22)19-14-7-4-11-8-12(18)5-6-13(11)14/h5-6,8,10,14,16H,4,7,9H2,1-3H3,(H,19,22)(H,20,21)/t14-,16-/m0/s1. The topological polar surface area (TPSA) is 67.4 Å². The Hall–Kier alpha value is -1.59. The number of benzene rings is 1. The van der Waals surface area contributed by atoms with E-state index in [2.05, 4.69) is 10.6 Å². The zero-order valence-corrected chi connectivity index (χ0v) is 14.4. The molecule has 0 radical (unpaired) electrons. The van der Waals surface area contributed by atoms with Crippen molar-refractivity contribution in [2.75, 3.05) is 13.7 Å². The van der Waals surface area contributed by atoms with Crippen LogP contribution in [0.15, 0.2) is 18.2 Å². The van der Waals surface area contributed by atoms with Crippen molar-refractivity contribution in [1.82, 2.24) is 10.6 Å². The van der Waals surface area contributed by atoms with Gasteiger partial charge in [-0.3, -0.25) is 9.59 Å². The molecule has 2 atom stereocenters. The number of methoxy groups -OCH3 is 1. The van der Waals surface area contributed by atoms with E-state index in [9.17, 15) is 9.59 Å². The molecule has 0 aliphatic heterocycles. The number of nitrogens with one attached hydrogen (secondary N) is 2. The number of amides is 2. The molecule has 1 aromatic rings. The van der Waals surface area contributed by atoms with E-state index in [1.807, 2.05) is 32.0 Å². The zero-order chi connectivity index (χ0) is 17.0. The van der Waals surface area contributed by atoms with Crippen LogP contribution in [0.3, 0.4) is 0 Å². The molecular weight excluding hydrogens is 316 g/mol. The minimum Gasteiger partial charge on any atom is -0.375 e. The maximum absolute atomic E-state index is 12.6. The molecule has 0 spiro atoms. The lowest BCUT2D eigenvalue weighted by atomic mass is 10.0. The fraction of sp³-hybridized carbons (Fsp3) is 0.529.